The summed E-state index contributed by atoms with van der Waals surface area (Å²) in [6.45, 7) is 2.03. The Morgan fingerprint density at radius 1 is 1.47 bits per heavy atom. The molecule has 2 N–H and O–H groups in total. The SMILES string of the molecule is CC(C1CC1)N(C)C(=O)Nc1ccc(C(=O)O)nc1. The lowest BCUT2D eigenvalue weighted by Crippen LogP contribution is -2.39. The molecule has 6 nitrogen and oxygen atoms in total. The van der Waals surface area contributed by atoms with Gasteiger partial charge in [0.1, 0.15) is 5.69 Å². The molecule has 1 aliphatic rings. The van der Waals surface area contributed by atoms with Crippen molar-refractivity contribution < 1.29 is 14.7 Å². The Bertz CT molecular complexity index is 482. The maximum Gasteiger partial charge on any atom is 0.354 e. The average molecular weight is 263 g/mol. The molecule has 1 fully saturated rings. The quantitative estimate of drug-likeness (QED) is 0.870. The van der Waals surface area contributed by atoms with E-state index in [1.165, 1.54) is 31.2 Å². The van der Waals surface area contributed by atoms with Crippen LogP contribution in [0.4, 0.5) is 10.5 Å². The Morgan fingerprint density at radius 2 is 2.16 bits per heavy atom. The van der Waals surface area contributed by atoms with Gasteiger partial charge < -0.3 is 15.3 Å². The number of hydrogen-bond donors (Lipinski definition) is 2. The Balaban J connectivity index is 1.96. The summed E-state index contributed by atoms with van der Waals surface area (Å²) < 4.78 is 0. The van der Waals surface area contributed by atoms with E-state index in [1.54, 1.807) is 11.9 Å². The predicted molar refractivity (Wildman–Crippen MR) is 70.2 cm³/mol. The number of urea groups is 1. The number of nitrogens with one attached hydrogen (secondary N) is 1. The molecule has 2 rings (SSSR count). The van der Waals surface area contributed by atoms with Gasteiger partial charge in [0.15, 0.2) is 0 Å². The summed E-state index contributed by atoms with van der Waals surface area (Å²) in [4.78, 5) is 28.1. The van der Waals surface area contributed by atoms with Crippen LogP contribution in [0.15, 0.2) is 18.3 Å². The van der Waals surface area contributed by atoms with E-state index >= 15 is 0 Å². The van der Waals surface area contributed by atoms with E-state index in [9.17, 15) is 9.59 Å². The van der Waals surface area contributed by atoms with E-state index in [0.717, 1.165) is 0 Å². The van der Waals surface area contributed by atoms with Crippen LogP contribution in [-0.4, -0.2) is 40.1 Å². The van der Waals surface area contributed by atoms with Gasteiger partial charge in [-0.15, -0.1) is 0 Å². The molecular weight excluding hydrogens is 246 g/mol. The van der Waals surface area contributed by atoms with E-state index in [-0.39, 0.29) is 17.8 Å². The molecule has 0 saturated heterocycles. The highest BCUT2D eigenvalue weighted by molar-refractivity contribution is 5.90. The lowest BCUT2D eigenvalue weighted by molar-refractivity contribution is 0.0690. The maximum atomic E-state index is 12.0. The zero-order chi connectivity index (χ0) is 14.0. The zero-order valence-corrected chi connectivity index (χ0v) is 11.0. The molecule has 1 saturated carbocycles. The molecular formula is C13H17N3O3. The third-order valence-corrected chi connectivity index (χ3v) is 3.47. The van der Waals surface area contributed by atoms with Crippen molar-refractivity contribution >= 4 is 17.7 Å². The molecule has 19 heavy (non-hydrogen) atoms. The van der Waals surface area contributed by atoms with Gasteiger partial charge in [-0.1, -0.05) is 0 Å². The van der Waals surface area contributed by atoms with Crippen molar-refractivity contribution in [3.05, 3.63) is 24.0 Å². The van der Waals surface area contributed by atoms with E-state index in [4.69, 9.17) is 5.11 Å². The Morgan fingerprint density at radius 3 is 2.63 bits per heavy atom. The molecule has 1 heterocycles. The monoisotopic (exact) mass is 263 g/mol. The highest BCUT2D eigenvalue weighted by Crippen LogP contribution is 2.34. The van der Waals surface area contributed by atoms with Crippen LogP contribution in [0.2, 0.25) is 0 Å². The molecule has 0 bridgehead atoms. The number of aromatic carboxylic acids is 1. The molecule has 0 radical (unpaired) electrons. The molecule has 0 aliphatic heterocycles. The Labute approximate surface area is 111 Å². The molecule has 1 aromatic heterocycles. The highest BCUT2D eigenvalue weighted by atomic mass is 16.4. The van der Waals surface area contributed by atoms with E-state index < -0.39 is 5.97 Å². The Kier molecular flexibility index (Phi) is 3.69. The van der Waals surface area contributed by atoms with Crippen LogP contribution in [0.5, 0.6) is 0 Å². The molecule has 2 amide bonds. The van der Waals surface area contributed by atoms with Crippen LogP contribution < -0.4 is 5.32 Å². The number of pyridine rings is 1. The summed E-state index contributed by atoms with van der Waals surface area (Å²) in [5, 5.41) is 11.4. The summed E-state index contributed by atoms with van der Waals surface area (Å²) >= 11 is 0. The zero-order valence-electron chi connectivity index (χ0n) is 11.0. The molecule has 0 aromatic carbocycles. The van der Waals surface area contributed by atoms with Gasteiger partial charge >= 0.3 is 12.0 Å². The first kappa shape index (κ1) is 13.3. The molecule has 102 valence electrons. The number of anilines is 1. The summed E-state index contributed by atoms with van der Waals surface area (Å²) in [6, 6.07) is 2.90. The van der Waals surface area contributed by atoms with Crippen LogP contribution in [0.25, 0.3) is 0 Å². The fourth-order valence-corrected chi connectivity index (χ4v) is 1.89. The van der Waals surface area contributed by atoms with Gasteiger partial charge in [-0.3, -0.25) is 0 Å². The van der Waals surface area contributed by atoms with Crippen LogP contribution in [-0.2, 0) is 0 Å². The fourth-order valence-electron chi connectivity index (χ4n) is 1.89. The van der Waals surface area contributed by atoms with Gasteiger partial charge in [0.05, 0.1) is 11.9 Å². The first-order valence-corrected chi connectivity index (χ1v) is 6.22. The van der Waals surface area contributed by atoms with Crippen molar-refractivity contribution in [3.63, 3.8) is 0 Å². The van der Waals surface area contributed by atoms with Crippen LogP contribution in [0, 0.1) is 5.92 Å². The average Bonchev–Trinajstić information content (AvgIpc) is 3.21. The third kappa shape index (κ3) is 3.21. The number of carbonyl (C=O) groups is 2. The first-order valence-electron chi connectivity index (χ1n) is 6.22. The van der Waals surface area contributed by atoms with E-state index in [1.807, 2.05) is 6.92 Å². The smallest absolute Gasteiger partial charge is 0.354 e. The highest BCUT2D eigenvalue weighted by Gasteiger charge is 2.32. The van der Waals surface area contributed by atoms with Gasteiger partial charge in [-0.25, -0.2) is 14.6 Å². The van der Waals surface area contributed by atoms with Gasteiger partial charge in [0.2, 0.25) is 0 Å². The number of aromatic nitrogens is 1. The molecule has 1 unspecified atom stereocenters. The first-order chi connectivity index (χ1) is 8.99. The van der Waals surface area contributed by atoms with Crippen molar-refractivity contribution in [1.82, 2.24) is 9.88 Å². The van der Waals surface area contributed by atoms with Gasteiger partial charge in [-0.05, 0) is 37.8 Å². The summed E-state index contributed by atoms with van der Waals surface area (Å²) in [7, 11) is 1.76. The van der Waals surface area contributed by atoms with Gasteiger partial charge in [0, 0.05) is 13.1 Å². The normalized spacial score (nSPS) is 15.7. The van der Waals surface area contributed by atoms with E-state index in [0.29, 0.717) is 11.6 Å². The lowest BCUT2D eigenvalue weighted by atomic mass is 10.2. The van der Waals surface area contributed by atoms with Crippen molar-refractivity contribution in [1.29, 1.82) is 0 Å². The number of hydrogen-bond acceptors (Lipinski definition) is 3. The number of carboxylic acid groups (broad SMARTS) is 1. The number of carboxylic acids is 1. The predicted octanol–water partition coefficient (Wildman–Crippen LogP) is 2.04. The maximum absolute atomic E-state index is 12.0. The third-order valence-electron chi connectivity index (χ3n) is 3.47. The topological polar surface area (TPSA) is 82.5 Å². The second-order valence-electron chi connectivity index (χ2n) is 4.86. The summed E-state index contributed by atoms with van der Waals surface area (Å²) in [6.07, 6.45) is 3.69. The minimum atomic E-state index is -1.09. The summed E-state index contributed by atoms with van der Waals surface area (Å²) in [5.74, 6) is -0.486. The fraction of sp³-hybridized carbons (Fsp3) is 0.462. The van der Waals surface area contributed by atoms with Crippen molar-refractivity contribution in [2.75, 3.05) is 12.4 Å². The van der Waals surface area contributed by atoms with Crippen LogP contribution in [0.1, 0.15) is 30.3 Å². The summed E-state index contributed by atoms with van der Waals surface area (Å²) in [5.41, 5.74) is 0.447. The van der Waals surface area contributed by atoms with Gasteiger partial charge in [-0.2, -0.15) is 0 Å². The van der Waals surface area contributed by atoms with Crippen molar-refractivity contribution in [3.8, 4) is 0 Å². The van der Waals surface area contributed by atoms with Crippen molar-refractivity contribution in [2.24, 2.45) is 5.92 Å². The van der Waals surface area contributed by atoms with Crippen molar-refractivity contribution in [2.45, 2.75) is 25.8 Å². The number of amides is 2. The molecule has 1 aromatic rings. The van der Waals surface area contributed by atoms with Crippen LogP contribution in [0.3, 0.4) is 0 Å². The molecule has 6 heteroatoms. The number of carbonyl (C=O) groups excluding carboxylic acids is 1. The second kappa shape index (κ2) is 5.26. The minimum absolute atomic E-state index is 0.0438. The number of rotatable bonds is 4. The van der Waals surface area contributed by atoms with E-state index in [2.05, 4.69) is 10.3 Å². The molecule has 1 atom stereocenters. The number of nitrogens with zero attached hydrogens (tertiary/aromatic N) is 2. The van der Waals surface area contributed by atoms with Gasteiger partial charge in [0.25, 0.3) is 0 Å². The largest absolute Gasteiger partial charge is 0.477 e. The minimum Gasteiger partial charge on any atom is -0.477 e. The van der Waals surface area contributed by atoms with Crippen LogP contribution >= 0.6 is 0 Å². The lowest BCUT2D eigenvalue weighted by Gasteiger charge is -2.25. The standard InChI is InChI=1S/C13H17N3O3/c1-8(9-3-4-9)16(2)13(19)15-10-5-6-11(12(17)18)14-7-10/h5-9H,3-4H2,1-2H3,(H,15,19)(H,17,18). The Hall–Kier alpha value is -2.11. The molecule has 0 spiro atoms. The second-order valence-corrected chi connectivity index (χ2v) is 4.86. The molecule has 1 aliphatic carbocycles.